The van der Waals surface area contributed by atoms with Gasteiger partial charge in [-0.1, -0.05) is 12.1 Å². The van der Waals surface area contributed by atoms with Gasteiger partial charge in [0.15, 0.2) is 0 Å². The SMILES string of the molecule is COC1CCCN(CCCCC(=O)Nc2cccc(-c3n[nH]c(=O)c4c3CCCC4)c2)C1. The second kappa shape index (κ2) is 10.9. The molecule has 7 nitrogen and oxygen atoms in total. The number of methoxy groups -OCH3 is 1. The molecule has 1 aromatic heterocycles. The van der Waals surface area contributed by atoms with Crippen LogP contribution in [0.5, 0.6) is 0 Å². The fraction of sp³-hybridized carbons (Fsp3) is 0.560. The number of nitrogens with one attached hydrogen (secondary N) is 2. The van der Waals surface area contributed by atoms with Gasteiger partial charge in [0.1, 0.15) is 0 Å². The van der Waals surface area contributed by atoms with Crippen molar-refractivity contribution >= 4 is 11.6 Å². The molecule has 2 aromatic rings. The minimum absolute atomic E-state index is 0.0343. The van der Waals surface area contributed by atoms with Crippen LogP contribution < -0.4 is 10.9 Å². The molecule has 1 unspecified atom stereocenters. The van der Waals surface area contributed by atoms with Crippen LogP contribution in [0.1, 0.15) is 56.1 Å². The van der Waals surface area contributed by atoms with Crippen LogP contribution >= 0.6 is 0 Å². The molecule has 0 bridgehead atoms. The molecule has 0 spiro atoms. The molecule has 1 fully saturated rings. The standard InChI is InChI=1S/C25H34N4O3/c1-32-20-10-7-15-29(17-20)14-5-4-13-23(30)26-19-9-6-8-18(16-19)24-21-11-2-3-12-22(21)25(31)28-27-24/h6,8-9,16,20H,2-5,7,10-15,17H2,1H3,(H,26,30)(H,28,31). The molecule has 0 radical (unpaired) electrons. The second-order valence-electron chi connectivity index (χ2n) is 8.95. The molecule has 7 heteroatoms. The first kappa shape index (κ1) is 22.7. The summed E-state index contributed by atoms with van der Waals surface area (Å²) in [6.07, 6.45) is 8.87. The molecule has 1 aliphatic carbocycles. The minimum Gasteiger partial charge on any atom is -0.380 e. The number of carbonyl (C=O) groups excluding carboxylic acids is 1. The fourth-order valence-electron chi connectivity index (χ4n) is 4.89. The molecule has 4 rings (SSSR count). The molecular formula is C25H34N4O3. The van der Waals surface area contributed by atoms with Gasteiger partial charge >= 0.3 is 0 Å². The largest absolute Gasteiger partial charge is 0.380 e. The number of unbranched alkanes of at least 4 members (excludes halogenated alkanes) is 1. The van der Waals surface area contributed by atoms with Crippen molar-refractivity contribution in [2.75, 3.05) is 32.1 Å². The van der Waals surface area contributed by atoms with Crippen LogP contribution in [0.15, 0.2) is 29.1 Å². The number of aromatic amines is 1. The molecule has 1 saturated heterocycles. The van der Waals surface area contributed by atoms with Gasteiger partial charge in [0, 0.05) is 36.9 Å². The third-order valence-corrected chi connectivity index (χ3v) is 6.64. The summed E-state index contributed by atoms with van der Waals surface area (Å²) >= 11 is 0. The maximum atomic E-state index is 12.5. The fourth-order valence-corrected chi connectivity index (χ4v) is 4.89. The quantitative estimate of drug-likeness (QED) is 0.616. The number of nitrogens with zero attached hydrogens (tertiary/aromatic N) is 2. The van der Waals surface area contributed by atoms with Gasteiger partial charge in [0.25, 0.3) is 5.56 Å². The Morgan fingerprint density at radius 1 is 1.22 bits per heavy atom. The van der Waals surface area contributed by atoms with E-state index in [1.807, 2.05) is 24.3 Å². The van der Waals surface area contributed by atoms with Crippen LogP contribution in [0.25, 0.3) is 11.3 Å². The van der Waals surface area contributed by atoms with E-state index in [4.69, 9.17) is 4.74 Å². The predicted molar refractivity (Wildman–Crippen MR) is 126 cm³/mol. The van der Waals surface area contributed by atoms with E-state index in [9.17, 15) is 9.59 Å². The van der Waals surface area contributed by atoms with E-state index in [0.717, 1.165) is 92.7 Å². The number of aromatic nitrogens is 2. The number of benzene rings is 1. The number of H-pyrrole nitrogens is 1. The smallest absolute Gasteiger partial charge is 0.267 e. The van der Waals surface area contributed by atoms with Gasteiger partial charge in [-0.2, -0.15) is 5.10 Å². The summed E-state index contributed by atoms with van der Waals surface area (Å²) in [5.74, 6) is 0.0343. The molecule has 1 aliphatic heterocycles. The van der Waals surface area contributed by atoms with E-state index >= 15 is 0 Å². The van der Waals surface area contributed by atoms with Crippen LogP contribution in [-0.2, 0) is 22.4 Å². The maximum Gasteiger partial charge on any atom is 0.267 e. The average molecular weight is 439 g/mol. The normalized spacial score (nSPS) is 18.8. The van der Waals surface area contributed by atoms with Crippen molar-refractivity contribution in [3.05, 3.63) is 45.7 Å². The molecule has 2 aliphatic rings. The Labute approximate surface area is 189 Å². The number of fused-ring (bicyclic) bond motifs is 1. The zero-order valence-corrected chi connectivity index (χ0v) is 19.0. The maximum absolute atomic E-state index is 12.5. The summed E-state index contributed by atoms with van der Waals surface area (Å²) in [5.41, 5.74) is 4.36. The summed E-state index contributed by atoms with van der Waals surface area (Å²) in [6.45, 7) is 3.14. The molecule has 1 amide bonds. The monoisotopic (exact) mass is 438 g/mol. The van der Waals surface area contributed by atoms with Crippen LogP contribution in [0, 0.1) is 0 Å². The minimum atomic E-state index is -0.0739. The van der Waals surface area contributed by atoms with E-state index < -0.39 is 0 Å². The Hall–Kier alpha value is -2.51. The zero-order valence-electron chi connectivity index (χ0n) is 19.0. The summed E-state index contributed by atoms with van der Waals surface area (Å²) in [6, 6.07) is 7.76. The lowest BCUT2D eigenvalue weighted by atomic mass is 9.90. The number of likely N-dealkylation sites (tertiary alicyclic amines) is 1. The molecular weight excluding hydrogens is 404 g/mol. The number of rotatable bonds is 8. The Kier molecular flexibility index (Phi) is 7.71. The Morgan fingerprint density at radius 3 is 2.91 bits per heavy atom. The number of hydrogen-bond acceptors (Lipinski definition) is 5. The lowest BCUT2D eigenvalue weighted by Gasteiger charge is -2.31. The van der Waals surface area contributed by atoms with Gasteiger partial charge in [-0.3, -0.25) is 9.59 Å². The van der Waals surface area contributed by atoms with Crippen molar-refractivity contribution in [1.82, 2.24) is 15.1 Å². The molecule has 0 saturated carbocycles. The number of anilines is 1. The Balaban J connectivity index is 1.31. The van der Waals surface area contributed by atoms with Crippen molar-refractivity contribution in [1.29, 1.82) is 0 Å². The van der Waals surface area contributed by atoms with Crippen molar-refractivity contribution in [2.45, 2.75) is 63.9 Å². The average Bonchev–Trinajstić information content (AvgIpc) is 2.82. The molecule has 2 N–H and O–H groups in total. The van der Waals surface area contributed by atoms with E-state index in [1.165, 1.54) is 6.42 Å². The van der Waals surface area contributed by atoms with E-state index in [-0.39, 0.29) is 11.5 Å². The molecule has 172 valence electrons. The number of piperidine rings is 1. The summed E-state index contributed by atoms with van der Waals surface area (Å²) < 4.78 is 5.48. The zero-order chi connectivity index (χ0) is 22.3. The van der Waals surface area contributed by atoms with E-state index in [2.05, 4.69) is 20.4 Å². The van der Waals surface area contributed by atoms with Crippen LogP contribution in [0.2, 0.25) is 0 Å². The highest BCUT2D eigenvalue weighted by molar-refractivity contribution is 5.91. The second-order valence-corrected chi connectivity index (χ2v) is 8.95. The first-order valence-electron chi connectivity index (χ1n) is 11.9. The molecule has 2 heterocycles. The van der Waals surface area contributed by atoms with Crippen molar-refractivity contribution in [3.63, 3.8) is 0 Å². The van der Waals surface area contributed by atoms with E-state index in [0.29, 0.717) is 12.5 Å². The Morgan fingerprint density at radius 2 is 2.06 bits per heavy atom. The molecule has 1 aromatic carbocycles. The van der Waals surface area contributed by atoms with Crippen molar-refractivity contribution in [3.8, 4) is 11.3 Å². The first-order valence-corrected chi connectivity index (χ1v) is 11.9. The number of ether oxygens (including phenoxy) is 1. The third kappa shape index (κ3) is 5.64. The van der Waals surface area contributed by atoms with Crippen molar-refractivity contribution in [2.24, 2.45) is 0 Å². The van der Waals surface area contributed by atoms with Crippen molar-refractivity contribution < 1.29 is 9.53 Å². The van der Waals surface area contributed by atoms with Gasteiger partial charge in [-0.05, 0) is 82.2 Å². The van der Waals surface area contributed by atoms with Gasteiger partial charge in [-0.15, -0.1) is 0 Å². The highest BCUT2D eigenvalue weighted by Crippen LogP contribution is 2.29. The van der Waals surface area contributed by atoms with E-state index in [1.54, 1.807) is 7.11 Å². The third-order valence-electron chi connectivity index (χ3n) is 6.64. The van der Waals surface area contributed by atoms with Gasteiger partial charge in [0.05, 0.1) is 11.8 Å². The molecule has 32 heavy (non-hydrogen) atoms. The summed E-state index contributed by atoms with van der Waals surface area (Å²) in [7, 11) is 1.79. The predicted octanol–water partition coefficient (Wildman–Crippen LogP) is 3.54. The van der Waals surface area contributed by atoms with Gasteiger partial charge < -0.3 is 15.0 Å². The summed E-state index contributed by atoms with van der Waals surface area (Å²) in [4.78, 5) is 27.1. The topological polar surface area (TPSA) is 87.3 Å². The van der Waals surface area contributed by atoms with Crippen LogP contribution in [0.3, 0.4) is 0 Å². The lowest BCUT2D eigenvalue weighted by molar-refractivity contribution is -0.116. The van der Waals surface area contributed by atoms with Crippen LogP contribution in [-0.4, -0.2) is 53.9 Å². The number of carbonyl (C=O) groups is 1. The highest BCUT2D eigenvalue weighted by Gasteiger charge is 2.20. The van der Waals surface area contributed by atoms with Gasteiger partial charge in [0.2, 0.25) is 5.91 Å². The van der Waals surface area contributed by atoms with Crippen LogP contribution in [0.4, 0.5) is 5.69 Å². The number of amides is 1. The lowest BCUT2D eigenvalue weighted by Crippen LogP contribution is -2.39. The first-order chi connectivity index (χ1) is 15.6. The molecule has 1 atom stereocenters. The Bertz CT molecular complexity index is 987. The number of hydrogen-bond donors (Lipinski definition) is 2. The highest BCUT2D eigenvalue weighted by atomic mass is 16.5. The van der Waals surface area contributed by atoms with Gasteiger partial charge in [-0.25, -0.2) is 5.10 Å². The summed E-state index contributed by atoms with van der Waals surface area (Å²) in [5, 5.41) is 10.0.